The molecule has 0 bridgehead atoms. The number of hydrogen-bond acceptors (Lipinski definition) is 5. The third-order valence-electron chi connectivity index (χ3n) is 0.303. The molecule has 0 aromatic carbocycles. The molecule has 0 amide bonds. The van der Waals surface area contributed by atoms with E-state index in [1.807, 2.05) is 0 Å². The lowest BCUT2D eigenvalue weighted by Gasteiger charge is -1.84. The summed E-state index contributed by atoms with van der Waals surface area (Å²) < 4.78 is 23.5. The second kappa shape index (κ2) is 5.60. The second-order valence-electron chi connectivity index (χ2n) is 1.61. The molecule has 0 spiro atoms. The SMILES string of the molecule is CC(N)O.COS(C)(=O)=O. The van der Waals surface area contributed by atoms with Crippen LogP contribution in [0, 0.1) is 0 Å². The Balaban J connectivity index is 0. The fourth-order valence-corrected chi connectivity index (χ4v) is 0. The molecule has 10 heavy (non-hydrogen) atoms. The molecule has 0 radical (unpaired) electrons. The van der Waals surface area contributed by atoms with E-state index in [1.54, 1.807) is 0 Å². The summed E-state index contributed by atoms with van der Waals surface area (Å²) >= 11 is 0. The van der Waals surface area contributed by atoms with Crippen molar-refractivity contribution in [3.63, 3.8) is 0 Å². The summed E-state index contributed by atoms with van der Waals surface area (Å²) in [7, 11) is -2.04. The van der Waals surface area contributed by atoms with Gasteiger partial charge in [-0.3, -0.25) is 4.18 Å². The molecular weight excluding hydrogens is 158 g/mol. The van der Waals surface area contributed by atoms with Crippen molar-refractivity contribution < 1.29 is 17.7 Å². The van der Waals surface area contributed by atoms with Crippen LogP contribution in [-0.2, 0) is 14.3 Å². The number of nitrogens with two attached hydrogens (primary N) is 1. The van der Waals surface area contributed by atoms with Gasteiger partial charge in [0.15, 0.2) is 0 Å². The van der Waals surface area contributed by atoms with E-state index in [9.17, 15) is 8.42 Å². The number of rotatable bonds is 1. The molecule has 3 N–H and O–H groups in total. The zero-order valence-corrected chi connectivity index (χ0v) is 7.05. The molecular formula is C4H13NO4S. The highest BCUT2D eigenvalue weighted by Gasteiger charge is 1.90. The van der Waals surface area contributed by atoms with Crippen molar-refractivity contribution in [2.24, 2.45) is 5.73 Å². The third-order valence-corrected chi connectivity index (χ3v) is 0.908. The summed E-state index contributed by atoms with van der Waals surface area (Å²) in [6.45, 7) is 1.50. The molecule has 0 saturated carbocycles. The van der Waals surface area contributed by atoms with Gasteiger partial charge in [0.1, 0.15) is 0 Å². The van der Waals surface area contributed by atoms with Gasteiger partial charge >= 0.3 is 0 Å². The average molecular weight is 171 g/mol. The molecule has 0 heterocycles. The van der Waals surface area contributed by atoms with E-state index < -0.39 is 16.3 Å². The molecule has 1 atom stereocenters. The standard InChI is InChI=1S/C2H7NO.C2H6O3S/c1-2(3)4;1-5-6(2,3)4/h2,4H,3H2,1H3;1-2H3. The monoisotopic (exact) mass is 171 g/mol. The van der Waals surface area contributed by atoms with Gasteiger partial charge in [-0.2, -0.15) is 8.42 Å². The van der Waals surface area contributed by atoms with Crippen molar-refractivity contribution in [2.45, 2.75) is 13.2 Å². The normalized spacial score (nSPS) is 13.3. The molecule has 0 aromatic heterocycles. The van der Waals surface area contributed by atoms with Gasteiger partial charge < -0.3 is 10.8 Å². The van der Waals surface area contributed by atoms with Gasteiger partial charge in [-0.05, 0) is 6.92 Å². The predicted octanol–water partition coefficient (Wildman–Crippen LogP) is -1.12. The van der Waals surface area contributed by atoms with Crippen molar-refractivity contribution in [1.82, 2.24) is 0 Å². The quantitative estimate of drug-likeness (QED) is 0.385. The van der Waals surface area contributed by atoms with Gasteiger partial charge in [0, 0.05) is 0 Å². The van der Waals surface area contributed by atoms with Gasteiger partial charge in [0.2, 0.25) is 0 Å². The highest BCUT2D eigenvalue weighted by molar-refractivity contribution is 7.85. The topological polar surface area (TPSA) is 89.6 Å². The van der Waals surface area contributed by atoms with Crippen LogP contribution in [0.15, 0.2) is 0 Å². The smallest absolute Gasteiger partial charge is 0.264 e. The molecule has 0 fully saturated rings. The molecule has 1 unspecified atom stereocenters. The van der Waals surface area contributed by atoms with Crippen LogP contribution in [0.4, 0.5) is 0 Å². The lowest BCUT2D eigenvalue weighted by molar-refractivity contribution is 0.203. The highest BCUT2D eigenvalue weighted by Crippen LogP contribution is 1.75. The van der Waals surface area contributed by atoms with Gasteiger partial charge in [-0.25, -0.2) is 0 Å². The van der Waals surface area contributed by atoms with Crippen LogP contribution in [0.3, 0.4) is 0 Å². The first kappa shape index (κ1) is 12.5. The molecule has 0 aliphatic carbocycles. The number of hydrogen-bond donors (Lipinski definition) is 2. The maximum absolute atomic E-state index is 9.78. The third kappa shape index (κ3) is 45.6. The molecule has 6 heteroatoms. The van der Waals surface area contributed by atoms with Crippen molar-refractivity contribution in [3.8, 4) is 0 Å². The largest absolute Gasteiger partial charge is 0.379 e. The summed E-state index contributed by atoms with van der Waals surface area (Å²) in [5.74, 6) is 0. The minimum absolute atomic E-state index is 0.667. The van der Waals surface area contributed by atoms with Crippen LogP contribution in [0.5, 0.6) is 0 Å². The zero-order valence-electron chi connectivity index (χ0n) is 6.23. The van der Waals surface area contributed by atoms with Crippen molar-refractivity contribution >= 4 is 10.1 Å². The van der Waals surface area contributed by atoms with Gasteiger partial charge in [0.05, 0.1) is 19.6 Å². The molecule has 0 aromatic rings. The van der Waals surface area contributed by atoms with E-state index in [0.29, 0.717) is 0 Å². The van der Waals surface area contributed by atoms with Crippen molar-refractivity contribution in [3.05, 3.63) is 0 Å². The van der Waals surface area contributed by atoms with E-state index >= 15 is 0 Å². The number of aliphatic hydroxyl groups is 1. The second-order valence-corrected chi connectivity index (χ2v) is 3.35. The summed E-state index contributed by atoms with van der Waals surface area (Å²) in [4.78, 5) is 0. The number of aliphatic hydroxyl groups excluding tert-OH is 1. The minimum atomic E-state index is -3.16. The van der Waals surface area contributed by atoms with E-state index in [-0.39, 0.29) is 0 Å². The molecule has 64 valence electrons. The van der Waals surface area contributed by atoms with Gasteiger partial charge in [0.25, 0.3) is 10.1 Å². The fraction of sp³-hybridized carbons (Fsp3) is 1.00. The fourth-order valence-electron chi connectivity index (χ4n) is 0. The maximum Gasteiger partial charge on any atom is 0.264 e. The Morgan fingerprint density at radius 1 is 1.60 bits per heavy atom. The molecule has 5 nitrogen and oxygen atoms in total. The van der Waals surface area contributed by atoms with Gasteiger partial charge in [-0.1, -0.05) is 0 Å². The average Bonchev–Trinajstić information content (AvgIpc) is 1.63. The van der Waals surface area contributed by atoms with Crippen LogP contribution >= 0.6 is 0 Å². The first-order chi connectivity index (χ1) is 4.29. The summed E-state index contributed by atoms with van der Waals surface area (Å²) in [6, 6.07) is 0. The predicted molar refractivity (Wildman–Crippen MR) is 37.7 cm³/mol. The Kier molecular flexibility index (Phi) is 7.00. The van der Waals surface area contributed by atoms with Crippen LogP contribution in [-0.4, -0.2) is 33.1 Å². The lowest BCUT2D eigenvalue weighted by atomic mass is 10.7. The lowest BCUT2D eigenvalue weighted by Crippen LogP contribution is -2.11. The Hall–Kier alpha value is -0.170. The van der Waals surface area contributed by atoms with Crippen LogP contribution in [0.25, 0.3) is 0 Å². The Labute approximate surface area is 60.9 Å². The van der Waals surface area contributed by atoms with E-state index in [1.165, 1.54) is 6.92 Å². The van der Waals surface area contributed by atoms with Crippen LogP contribution < -0.4 is 5.73 Å². The Bertz CT molecular complexity index is 148. The summed E-state index contributed by atoms with van der Waals surface area (Å²) in [5, 5.41) is 7.83. The molecule has 0 saturated heterocycles. The van der Waals surface area contributed by atoms with Crippen LogP contribution in [0.2, 0.25) is 0 Å². The summed E-state index contributed by atoms with van der Waals surface area (Å²) in [5.41, 5.74) is 4.67. The van der Waals surface area contributed by atoms with Gasteiger partial charge in [-0.15, -0.1) is 0 Å². The maximum atomic E-state index is 9.78. The minimum Gasteiger partial charge on any atom is -0.379 e. The first-order valence-corrected chi connectivity index (χ1v) is 4.30. The van der Waals surface area contributed by atoms with Crippen molar-refractivity contribution in [1.29, 1.82) is 0 Å². The van der Waals surface area contributed by atoms with Crippen molar-refractivity contribution in [2.75, 3.05) is 13.4 Å². The Morgan fingerprint density at radius 3 is 1.70 bits per heavy atom. The van der Waals surface area contributed by atoms with E-state index in [2.05, 4.69) is 9.92 Å². The molecule has 0 aliphatic heterocycles. The molecule has 0 aliphatic rings. The highest BCUT2D eigenvalue weighted by atomic mass is 32.2. The Morgan fingerprint density at radius 2 is 1.70 bits per heavy atom. The summed E-state index contributed by atoms with van der Waals surface area (Å²) in [6.07, 6.45) is 0.326. The van der Waals surface area contributed by atoms with E-state index in [4.69, 9.17) is 5.11 Å². The zero-order chi connectivity index (χ0) is 8.78. The van der Waals surface area contributed by atoms with Crippen LogP contribution in [0.1, 0.15) is 6.92 Å². The molecule has 0 rings (SSSR count). The first-order valence-electron chi connectivity index (χ1n) is 2.49. The van der Waals surface area contributed by atoms with E-state index in [0.717, 1.165) is 13.4 Å².